The maximum absolute atomic E-state index is 13.1. The van der Waals surface area contributed by atoms with Crippen LogP contribution in [0.4, 0.5) is 14.5 Å². The summed E-state index contributed by atoms with van der Waals surface area (Å²) in [5, 5.41) is 5.13. The fourth-order valence-corrected chi connectivity index (χ4v) is 2.28. The monoisotopic (exact) mass is 391 g/mol. The van der Waals surface area contributed by atoms with Gasteiger partial charge in [0.05, 0.1) is 12.6 Å². The number of rotatable bonds is 4. The summed E-state index contributed by atoms with van der Waals surface area (Å²) < 4.78 is 31.8. The van der Waals surface area contributed by atoms with Crippen molar-refractivity contribution >= 4 is 36.4 Å². The number of hydrogen-bond donors (Lipinski definition) is 2. The van der Waals surface area contributed by atoms with Crippen molar-refractivity contribution in [1.29, 1.82) is 0 Å². The van der Waals surface area contributed by atoms with E-state index >= 15 is 0 Å². The fourth-order valence-electron chi connectivity index (χ4n) is 2.28. The van der Waals surface area contributed by atoms with Crippen molar-refractivity contribution in [3.8, 4) is 11.5 Å². The van der Waals surface area contributed by atoms with E-state index in [0.29, 0.717) is 17.2 Å². The minimum Gasteiger partial charge on any atom is -0.457 e. The first-order valence-electron chi connectivity index (χ1n) is 7.12. The number of ether oxygens (including phenoxy) is 1. The molecular formula is C16H17Cl2F2N3O2. The molecule has 0 spiro atoms. The average molecular weight is 392 g/mol. The van der Waals surface area contributed by atoms with E-state index in [2.05, 4.69) is 15.6 Å². The molecule has 25 heavy (non-hydrogen) atoms. The van der Waals surface area contributed by atoms with Crippen LogP contribution in [-0.2, 0) is 4.79 Å². The standard InChI is InChI=1S/C16H15F2N3O2.2ClH/c17-16(18)9-14(20-10-16)15(22)21-11-1-3-12(4-2-11)23-13-5-7-19-8-6-13;;/h1-8,14,20H,9-10H2,(H,21,22);2*1H. The van der Waals surface area contributed by atoms with Crippen LogP contribution < -0.4 is 15.4 Å². The number of aromatic nitrogens is 1. The van der Waals surface area contributed by atoms with Gasteiger partial charge in [-0.05, 0) is 36.4 Å². The number of pyridine rings is 1. The van der Waals surface area contributed by atoms with Gasteiger partial charge in [-0.3, -0.25) is 15.1 Å². The van der Waals surface area contributed by atoms with Crippen LogP contribution >= 0.6 is 24.8 Å². The number of carbonyl (C=O) groups is 1. The Labute approximate surface area is 156 Å². The second kappa shape index (κ2) is 8.94. The van der Waals surface area contributed by atoms with Crippen LogP contribution in [0.3, 0.4) is 0 Å². The van der Waals surface area contributed by atoms with Crippen LogP contribution in [0.25, 0.3) is 0 Å². The van der Waals surface area contributed by atoms with Crippen molar-refractivity contribution in [2.45, 2.75) is 18.4 Å². The van der Waals surface area contributed by atoms with Gasteiger partial charge in [0.25, 0.3) is 5.92 Å². The van der Waals surface area contributed by atoms with Crippen LogP contribution in [0.15, 0.2) is 48.8 Å². The van der Waals surface area contributed by atoms with Crippen molar-refractivity contribution in [2.75, 3.05) is 11.9 Å². The lowest BCUT2D eigenvalue weighted by atomic mass is 10.2. The number of nitrogens with zero attached hydrogens (tertiary/aromatic N) is 1. The van der Waals surface area contributed by atoms with Crippen LogP contribution in [0, 0.1) is 0 Å². The zero-order chi connectivity index (χ0) is 16.3. The molecule has 1 aromatic carbocycles. The summed E-state index contributed by atoms with van der Waals surface area (Å²) in [6.45, 7) is -0.468. The number of amides is 1. The van der Waals surface area contributed by atoms with Crippen molar-refractivity contribution in [1.82, 2.24) is 10.3 Å². The highest BCUT2D eigenvalue weighted by Crippen LogP contribution is 2.26. The van der Waals surface area contributed by atoms with Gasteiger partial charge in [0.1, 0.15) is 11.5 Å². The van der Waals surface area contributed by atoms with Crippen molar-refractivity contribution in [3.05, 3.63) is 48.8 Å². The Morgan fingerprint density at radius 1 is 1.12 bits per heavy atom. The summed E-state index contributed by atoms with van der Waals surface area (Å²) in [4.78, 5) is 15.8. The number of benzene rings is 1. The van der Waals surface area contributed by atoms with Crippen molar-refractivity contribution < 1.29 is 18.3 Å². The third-order valence-electron chi connectivity index (χ3n) is 3.43. The van der Waals surface area contributed by atoms with Gasteiger partial charge < -0.3 is 10.1 Å². The number of nitrogens with one attached hydrogen (secondary N) is 2. The summed E-state index contributed by atoms with van der Waals surface area (Å²) >= 11 is 0. The molecule has 1 amide bonds. The minimum absolute atomic E-state index is 0. The van der Waals surface area contributed by atoms with Gasteiger partial charge in [0.15, 0.2) is 0 Å². The Kier molecular flexibility index (Phi) is 7.54. The molecule has 0 saturated carbocycles. The Bertz CT molecular complexity index is 688. The molecule has 1 saturated heterocycles. The maximum Gasteiger partial charge on any atom is 0.262 e. The number of hydrogen-bond acceptors (Lipinski definition) is 4. The first-order valence-corrected chi connectivity index (χ1v) is 7.12. The van der Waals surface area contributed by atoms with E-state index in [1.54, 1.807) is 48.8 Å². The van der Waals surface area contributed by atoms with E-state index < -0.39 is 30.8 Å². The van der Waals surface area contributed by atoms with E-state index in [4.69, 9.17) is 4.74 Å². The molecule has 3 rings (SSSR count). The highest BCUT2D eigenvalue weighted by Gasteiger charge is 2.42. The van der Waals surface area contributed by atoms with Crippen LogP contribution in [0.5, 0.6) is 11.5 Å². The molecule has 0 aliphatic carbocycles. The van der Waals surface area contributed by atoms with E-state index in [1.807, 2.05) is 0 Å². The molecule has 0 radical (unpaired) electrons. The summed E-state index contributed by atoms with van der Waals surface area (Å²) in [6.07, 6.45) is 2.75. The molecular weight excluding hydrogens is 375 g/mol. The lowest BCUT2D eigenvalue weighted by Gasteiger charge is -2.12. The number of halogens is 4. The summed E-state index contributed by atoms with van der Waals surface area (Å²) in [6, 6.07) is 9.25. The molecule has 1 aliphatic heterocycles. The molecule has 1 atom stereocenters. The van der Waals surface area contributed by atoms with Crippen molar-refractivity contribution in [2.24, 2.45) is 0 Å². The van der Waals surface area contributed by atoms with E-state index in [-0.39, 0.29) is 24.8 Å². The third-order valence-corrected chi connectivity index (χ3v) is 3.43. The van der Waals surface area contributed by atoms with Crippen LogP contribution in [0.2, 0.25) is 0 Å². The van der Waals surface area contributed by atoms with E-state index in [0.717, 1.165) is 0 Å². The highest BCUT2D eigenvalue weighted by molar-refractivity contribution is 5.95. The molecule has 136 valence electrons. The Hall–Kier alpha value is -1.96. The van der Waals surface area contributed by atoms with Gasteiger partial charge in [-0.25, -0.2) is 8.78 Å². The zero-order valence-electron chi connectivity index (χ0n) is 12.9. The predicted molar refractivity (Wildman–Crippen MR) is 95.2 cm³/mol. The third kappa shape index (κ3) is 5.81. The minimum atomic E-state index is -2.83. The Balaban J connectivity index is 0.00000156. The topological polar surface area (TPSA) is 63.2 Å². The highest BCUT2D eigenvalue weighted by atomic mass is 35.5. The van der Waals surface area contributed by atoms with Crippen LogP contribution in [-0.4, -0.2) is 29.4 Å². The summed E-state index contributed by atoms with van der Waals surface area (Å²) in [5.74, 6) is -2.05. The molecule has 1 aliphatic rings. The Morgan fingerprint density at radius 3 is 2.28 bits per heavy atom. The lowest BCUT2D eigenvalue weighted by molar-refractivity contribution is -0.118. The number of anilines is 1. The molecule has 1 unspecified atom stereocenters. The van der Waals surface area contributed by atoms with Gasteiger partial charge in [-0.15, -0.1) is 24.8 Å². The van der Waals surface area contributed by atoms with Crippen molar-refractivity contribution in [3.63, 3.8) is 0 Å². The molecule has 5 nitrogen and oxygen atoms in total. The second-order valence-electron chi connectivity index (χ2n) is 5.29. The smallest absolute Gasteiger partial charge is 0.262 e. The van der Waals surface area contributed by atoms with E-state index in [1.165, 1.54) is 0 Å². The average Bonchev–Trinajstić information content (AvgIpc) is 2.90. The zero-order valence-corrected chi connectivity index (χ0v) is 14.6. The van der Waals surface area contributed by atoms with E-state index in [9.17, 15) is 13.6 Å². The first kappa shape index (κ1) is 21.1. The largest absolute Gasteiger partial charge is 0.457 e. The van der Waals surface area contributed by atoms with Gasteiger partial charge >= 0.3 is 0 Å². The normalized spacial score (nSPS) is 17.8. The van der Waals surface area contributed by atoms with Gasteiger partial charge in [0, 0.05) is 24.5 Å². The quantitative estimate of drug-likeness (QED) is 0.834. The Morgan fingerprint density at radius 2 is 1.72 bits per heavy atom. The molecule has 2 heterocycles. The van der Waals surface area contributed by atoms with Gasteiger partial charge in [-0.2, -0.15) is 0 Å². The molecule has 0 bridgehead atoms. The molecule has 9 heteroatoms. The molecule has 2 aromatic rings. The van der Waals surface area contributed by atoms with Gasteiger partial charge in [-0.1, -0.05) is 0 Å². The lowest BCUT2D eigenvalue weighted by Crippen LogP contribution is -2.35. The summed E-state index contributed by atoms with van der Waals surface area (Å²) in [7, 11) is 0. The maximum atomic E-state index is 13.1. The summed E-state index contributed by atoms with van der Waals surface area (Å²) in [5.41, 5.74) is 0.522. The molecule has 1 aromatic heterocycles. The SMILES string of the molecule is Cl.Cl.O=C(Nc1ccc(Oc2ccncc2)cc1)C1CC(F)(F)CN1. The number of carbonyl (C=O) groups excluding carboxylic acids is 1. The fraction of sp³-hybridized carbons (Fsp3) is 0.250. The first-order chi connectivity index (χ1) is 11.0. The number of alkyl halides is 2. The van der Waals surface area contributed by atoms with Gasteiger partial charge in [0.2, 0.25) is 5.91 Å². The second-order valence-corrected chi connectivity index (χ2v) is 5.29. The molecule has 1 fully saturated rings. The predicted octanol–water partition coefficient (Wildman–Crippen LogP) is 3.65. The van der Waals surface area contributed by atoms with Crippen LogP contribution in [0.1, 0.15) is 6.42 Å². The molecule has 2 N–H and O–H groups in total.